The van der Waals surface area contributed by atoms with Crippen LogP contribution in [0.4, 0.5) is 0 Å². The molecule has 0 radical (unpaired) electrons. The molecular weight excluding hydrogens is 312 g/mol. The molecule has 4 nitrogen and oxygen atoms in total. The Morgan fingerprint density at radius 3 is 2.35 bits per heavy atom. The maximum absolute atomic E-state index is 11.9. The number of amides is 2. The number of benzene rings is 2. The van der Waals surface area contributed by atoms with Crippen molar-refractivity contribution in [2.75, 3.05) is 6.54 Å². The molecule has 2 aromatic rings. The molecule has 0 unspecified atom stereocenters. The minimum absolute atomic E-state index is 0.224. The van der Waals surface area contributed by atoms with Gasteiger partial charge in [-0.2, -0.15) is 0 Å². The van der Waals surface area contributed by atoms with Gasteiger partial charge in [-0.05, 0) is 30.5 Å². The highest BCUT2D eigenvalue weighted by atomic mass is 35.5. The number of hydrogen-bond acceptors (Lipinski definition) is 2. The largest absolute Gasteiger partial charge is 0.348 e. The fraction of sp³-hybridized carbons (Fsp3) is 0.222. The molecule has 0 aliphatic heterocycles. The second-order valence-electron chi connectivity index (χ2n) is 5.20. The van der Waals surface area contributed by atoms with E-state index >= 15 is 0 Å². The van der Waals surface area contributed by atoms with Crippen LogP contribution in [0.25, 0.3) is 0 Å². The Balaban J connectivity index is 1.79. The van der Waals surface area contributed by atoms with Gasteiger partial charge in [0.15, 0.2) is 0 Å². The van der Waals surface area contributed by atoms with E-state index in [4.69, 9.17) is 11.6 Å². The molecule has 1 atom stereocenters. The van der Waals surface area contributed by atoms with Crippen LogP contribution < -0.4 is 10.6 Å². The van der Waals surface area contributed by atoms with Gasteiger partial charge in [0.05, 0.1) is 6.04 Å². The van der Waals surface area contributed by atoms with E-state index in [9.17, 15) is 9.59 Å². The van der Waals surface area contributed by atoms with E-state index in [0.717, 1.165) is 11.1 Å². The lowest BCUT2D eigenvalue weighted by Crippen LogP contribution is -2.41. The van der Waals surface area contributed by atoms with Gasteiger partial charge in [-0.3, -0.25) is 9.59 Å². The van der Waals surface area contributed by atoms with Crippen LogP contribution in [0.15, 0.2) is 54.6 Å². The van der Waals surface area contributed by atoms with E-state index in [0.29, 0.717) is 18.0 Å². The van der Waals surface area contributed by atoms with E-state index in [1.54, 1.807) is 6.07 Å². The van der Waals surface area contributed by atoms with Gasteiger partial charge in [-0.1, -0.05) is 60.1 Å². The van der Waals surface area contributed by atoms with Crippen molar-refractivity contribution in [3.63, 3.8) is 0 Å². The number of carbonyl (C=O) groups is 2. The highest BCUT2D eigenvalue weighted by molar-refractivity contribution is 6.35. The quantitative estimate of drug-likeness (QED) is 0.828. The van der Waals surface area contributed by atoms with Gasteiger partial charge >= 0.3 is 11.8 Å². The fourth-order valence-electron chi connectivity index (χ4n) is 2.18. The van der Waals surface area contributed by atoms with Crippen LogP contribution in [0.1, 0.15) is 24.1 Å². The molecule has 0 saturated carbocycles. The summed E-state index contributed by atoms with van der Waals surface area (Å²) < 4.78 is 0. The Morgan fingerprint density at radius 2 is 1.65 bits per heavy atom. The van der Waals surface area contributed by atoms with Crippen LogP contribution in [0, 0.1) is 0 Å². The Morgan fingerprint density at radius 1 is 1.00 bits per heavy atom. The monoisotopic (exact) mass is 330 g/mol. The lowest BCUT2D eigenvalue weighted by atomic mass is 10.1. The molecule has 2 aromatic carbocycles. The lowest BCUT2D eigenvalue weighted by Gasteiger charge is -2.14. The van der Waals surface area contributed by atoms with Gasteiger partial charge in [0, 0.05) is 11.6 Å². The van der Waals surface area contributed by atoms with Crippen molar-refractivity contribution in [1.82, 2.24) is 10.6 Å². The van der Waals surface area contributed by atoms with E-state index in [-0.39, 0.29) is 6.04 Å². The molecule has 23 heavy (non-hydrogen) atoms. The van der Waals surface area contributed by atoms with Gasteiger partial charge in [0.25, 0.3) is 0 Å². The van der Waals surface area contributed by atoms with Gasteiger partial charge in [0.2, 0.25) is 0 Å². The second-order valence-corrected chi connectivity index (χ2v) is 5.61. The SMILES string of the molecule is C[C@@H](NC(=O)C(=O)NCCc1ccccc1Cl)c1ccccc1. The zero-order valence-corrected chi connectivity index (χ0v) is 13.6. The van der Waals surface area contributed by atoms with Gasteiger partial charge in [-0.25, -0.2) is 0 Å². The third-order valence-electron chi connectivity index (χ3n) is 3.49. The van der Waals surface area contributed by atoms with Gasteiger partial charge in [-0.15, -0.1) is 0 Å². The highest BCUT2D eigenvalue weighted by Crippen LogP contribution is 2.14. The van der Waals surface area contributed by atoms with Crippen LogP contribution in [0.3, 0.4) is 0 Å². The molecule has 0 fully saturated rings. The van der Waals surface area contributed by atoms with Crippen LogP contribution in [0.2, 0.25) is 5.02 Å². The third-order valence-corrected chi connectivity index (χ3v) is 3.86. The predicted molar refractivity (Wildman–Crippen MR) is 91.2 cm³/mol. The normalized spacial score (nSPS) is 11.6. The highest BCUT2D eigenvalue weighted by Gasteiger charge is 2.16. The lowest BCUT2D eigenvalue weighted by molar-refractivity contribution is -0.139. The first-order valence-electron chi connectivity index (χ1n) is 7.45. The summed E-state index contributed by atoms with van der Waals surface area (Å²) in [5, 5.41) is 5.94. The maximum Gasteiger partial charge on any atom is 0.309 e. The summed E-state index contributed by atoms with van der Waals surface area (Å²) in [6.07, 6.45) is 0.576. The summed E-state index contributed by atoms with van der Waals surface area (Å²) in [6.45, 7) is 2.19. The first-order valence-corrected chi connectivity index (χ1v) is 7.83. The minimum Gasteiger partial charge on any atom is -0.348 e. The molecule has 2 amide bonds. The maximum atomic E-state index is 11.9. The fourth-order valence-corrected chi connectivity index (χ4v) is 2.41. The molecule has 0 aliphatic carbocycles. The predicted octanol–water partition coefficient (Wildman–Crippen LogP) is 2.88. The van der Waals surface area contributed by atoms with Gasteiger partial charge in [0.1, 0.15) is 0 Å². The molecule has 5 heteroatoms. The van der Waals surface area contributed by atoms with E-state index < -0.39 is 11.8 Å². The molecule has 0 saturated heterocycles. The molecule has 0 spiro atoms. The molecule has 0 bridgehead atoms. The third kappa shape index (κ3) is 5.11. The van der Waals surface area contributed by atoms with Crippen molar-refractivity contribution in [2.24, 2.45) is 0 Å². The Labute approximate surface area is 140 Å². The molecule has 0 heterocycles. The minimum atomic E-state index is -0.639. The standard InChI is InChI=1S/C18H19ClN2O2/c1-13(14-7-3-2-4-8-14)21-18(23)17(22)20-12-11-15-9-5-6-10-16(15)19/h2-10,13H,11-12H2,1H3,(H,20,22)(H,21,23)/t13-/m1/s1. The number of carbonyl (C=O) groups excluding carboxylic acids is 2. The molecule has 120 valence electrons. The summed E-state index contributed by atoms with van der Waals surface area (Å²) in [6, 6.07) is 16.7. The number of hydrogen-bond donors (Lipinski definition) is 2. The zero-order valence-electron chi connectivity index (χ0n) is 12.9. The van der Waals surface area contributed by atoms with Crippen LogP contribution >= 0.6 is 11.6 Å². The summed E-state index contributed by atoms with van der Waals surface area (Å²) in [5.41, 5.74) is 1.89. The summed E-state index contributed by atoms with van der Waals surface area (Å²) in [5.74, 6) is -1.28. The Kier molecular flexibility index (Phi) is 6.18. The first-order chi connectivity index (χ1) is 11.1. The average molecular weight is 331 g/mol. The summed E-state index contributed by atoms with van der Waals surface area (Å²) >= 11 is 6.05. The van der Waals surface area contributed by atoms with Crippen molar-refractivity contribution >= 4 is 23.4 Å². The van der Waals surface area contributed by atoms with Crippen molar-refractivity contribution in [1.29, 1.82) is 0 Å². The zero-order chi connectivity index (χ0) is 16.7. The molecule has 2 N–H and O–H groups in total. The van der Waals surface area contributed by atoms with Crippen molar-refractivity contribution < 1.29 is 9.59 Å². The van der Waals surface area contributed by atoms with Crippen molar-refractivity contribution in [2.45, 2.75) is 19.4 Å². The molecule has 0 aromatic heterocycles. The van der Waals surface area contributed by atoms with Crippen LogP contribution in [-0.2, 0) is 16.0 Å². The van der Waals surface area contributed by atoms with Crippen molar-refractivity contribution in [3.05, 3.63) is 70.7 Å². The second kappa shape index (κ2) is 8.34. The average Bonchev–Trinajstić information content (AvgIpc) is 2.57. The molecule has 2 rings (SSSR count). The molecular formula is C18H19ClN2O2. The van der Waals surface area contributed by atoms with Crippen LogP contribution in [0.5, 0.6) is 0 Å². The van der Waals surface area contributed by atoms with E-state index in [2.05, 4.69) is 10.6 Å². The number of nitrogens with one attached hydrogen (secondary N) is 2. The Hall–Kier alpha value is -2.33. The Bertz CT molecular complexity index is 674. The van der Waals surface area contributed by atoms with Gasteiger partial charge < -0.3 is 10.6 Å². The molecule has 0 aliphatic rings. The topological polar surface area (TPSA) is 58.2 Å². The van der Waals surface area contributed by atoms with E-state index in [1.165, 1.54) is 0 Å². The van der Waals surface area contributed by atoms with Crippen LogP contribution in [-0.4, -0.2) is 18.4 Å². The number of halogens is 1. The first kappa shape index (κ1) is 17.0. The van der Waals surface area contributed by atoms with Crippen molar-refractivity contribution in [3.8, 4) is 0 Å². The number of rotatable bonds is 5. The smallest absolute Gasteiger partial charge is 0.309 e. The summed E-state index contributed by atoms with van der Waals surface area (Å²) in [7, 11) is 0. The summed E-state index contributed by atoms with van der Waals surface area (Å²) in [4.78, 5) is 23.7. The van der Waals surface area contributed by atoms with E-state index in [1.807, 2.05) is 55.5 Å².